The minimum atomic E-state index is -0.247. The number of nitrogens with one attached hydrogen (secondary N) is 1. The predicted octanol–water partition coefficient (Wildman–Crippen LogP) is 4.05. The molecule has 4 aromatic rings. The Balaban J connectivity index is 1.67. The lowest BCUT2D eigenvalue weighted by Gasteiger charge is -2.07. The van der Waals surface area contributed by atoms with E-state index in [9.17, 15) is 4.79 Å². The number of hydrogen-bond donors (Lipinski definition) is 1. The first-order valence-electron chi connectivity index (χ1n) is 7.91. The van der Waals surface area contributed by atoms with Crippen molar-refractivity contribution < 1.29 is 18.5 Å². The Morgan fingerprint density at radius 3 is 2.85 bits per heavy atom. The van der Waals surface area contributed by atoms with Crippen LogP contribution in [0, 0.1) is 6.92 Å². The summed E-state index contributed by atoms with van der Waals surface area (Å²) in [6.45, 7) is 1.75. The monoisotopic (exact) mass is 349 g/mol. The van der Waals surface area contributed by atoms with Crippen molar-refractivity contribution in [1.29, 1.82) is 0 Å². The number of oxazole rings is 1. The van der Waals surface area contributed by atoms with Crippen molar-refractivity contribution >= 4 is 22.6 Å². The number of rotatable bonds is 4. The van der Waals surface area contributed by atoms with Crippen LogP contribution in [0.2, 0.25) is 0 Å². The van der Waals surface area contributed by atoms with Crippen molar-refractivity contribution in [2.45, 2.75) is 6.92 Å². The smallest absolute Gasteiger partial charge is 0.255 e. The molecule has 1 amide bonds. The van der Waals surface area contributed by atoms with Gasteiger partial charge in [0.15, 0.2) is 11.5 Å². The van der Waals surface area contributed by atoms with Gasteiger partial charge in [0.1, 0.15) is 23.4 Å². The van der Waals surface area contributed by atoms with Gasteiger partial charge in [-0.15, -0.1) is 0 Å². The zero-order valence-electron chi connectivity index (χ0n) is 14.1. The second-order valence-corrected chi connectivity index (χ2v) is 5.68. The second-order valence-electron chi connectivity index (χ2n) is 5.68. The Labute approximate surface area is 148 Å². The van der Waals surface area contributed by atoms with E-state index in [-0.39, 0.29) is 5.91 Å². The minimum absolute atomic E-state index is 0.247. The highest BCUT2D eigenvalue weighted by molar-refractivity contribution is 6.07. The molecule has 0 unspecified atom stereocenters. The molecule has 7 heteroatoms. The summed E-state index contributed by atoms with van der Waals surface area (Å²) in [5.74, 6) is 0.952. The van der Waals surface area contributed by atoms with Crippen LogP contribution in [0.1, 0.15) is 16.2 Å². The molecule has 0 aliphatic carbocycles. The molecule has 0 spiro atoms. The number of nitrogens with zero attached hydrogens (tertiary/aromatic N) is 2. The first-order valence-corrected chi connectivity index (χ1v) is 7.91. The van der Waals surface area contributed by atoms with E-state index < -0.39 is 0 Å². The average molecular weight is 349 g/mol. The number of anilines is 1. The molecule has 0 atom stereocenters. The number of benzene rings is 2. The SMILES string of the molecule is COc1cccc(NC(=O)c2ccc3onc(-c4coc(C)n4)c3c2)c1. The molecule has 26 heavy (non-hydrogen) atoms. The fourth-order valence-corrected chi connectivity index (χ4v) is 2.64. The lowest BCUT2D eigenvalue weighted by molar-refractivity contribution is 0.102. The maximum absolute atomic E-state index is 12.6. The molecule has 1 N–H and O–H groups in total. The maximum Gasteiger partial charge on any atom is 0.255 e. The fraction of sp³-hybridized carbons (Fsp3) is 0.105. The molecule has 0 aliphatic heterocycles. The molecule has 2 aromatic carbocycles. The lowest BCUT2D eigenvalue weighted by atomic mass is 10.1. The van der Waals surface area contributed by atoms with Gasteiger partial charge >= 0.3 is 0 Å². The van der Waals surface area contributed by atoms with E-state index in [1.165, 1.54) is 6.26 Å². The van der Waals surface area contributed by atoms with E-state index in [4.69, 9.17) is 13.7 Å². The first kappa shape index (κ1) is 15.9. The summed E-state index contributed by atoms with van der Waals surface area (Å²) in [6, 6.07) is 12.3. The first-order chi connectivity index (χ1) is 12.6. The van der Waals surface area contributed by atoms with Gasteiger partial charge in [-0.05, 0) is 30.3 Å². The largest absolute Gasteiger partial charge is 0.497 e. The summed E-state index contributed by atoms with van der Waals surface area (Å²) in [4.78, 5) is 16.9. The van der Waals surface area contributed by atoms with Crippen molar-refractivity contribution in [2.75, 3.05) is 12.4 Å². The van der Waals surface area contributed by atoms with Crippen LogP contribution in [0.5, 0.6) is 5.75 Å². The van der Waals surface area contributed by atoms with Crippen LogP contribution >= 0.6 is 0 Å². The van der Waals surface area contributed by atoms with Crippen LogP contribution < -0.4 is 10.1 Å². The highest BCUT2D eigenvalue weighted by Gasteiger charge is 2.16. The summed E-state index contributed by atoms with van der Waals surface area (Å²) < 4.78 is 15.7. The summed E-state index contributed by atoms with van der Waals surface area (Å²) in [5.41, 5.74) is 2.79. The van der Waals surface area contributed by atoms with Gasteiger partial charge in [0, 0.05) is 24.2 Å². The summed E-state index contributed by atoms with van der Waals surface area (Å²) in [7, 11) is 1.58. The number of fused-ring (bicyclic) bond motifs is 1. The van der Waals surface area contributed by atoms with Crippen LogP contribution in [0.4, 0.5) is 5.69 Å². The standard InChI is InChI=1S/C19H15N3O4/c1-11-20-16(10-25-11)18-15-8-12(6-7-17(15)26-22-18)19(23)21-13-4-3-5-14(9-13)24-2/h3-10H,1-2H3,(H,21,23). The van der Waals surface area contributed by atoms with Gasteiger partial charge in [0.05, 0.1) is 12.5 Å². The van der Waals surface area contributed by atoms with Gasteiger partial charge in [0.25, 0.3) is 5.91 Å². The Hall–Kier alpha value is -3.61. The van der Waals surface area contributed by atoms with Gasteiger partial charge in [-0.2, -0.15) is 0 Å². The number of amides is 1. The molecule has 7 nitrogen and oxygen atoms in total. The number of ether oxygens (including phenoxy) is 1. The van der Waals surface area contributed by atoms with E-state index in [1.807, 2.05) is 12.1 Å². The van der Waals surface area contributed by atoms with Gasteiger partial charge in [-0.1, -0.05) is 11.2 Å². The van der Waals surface area contributed by atoms with E-state index in [1.54, 1.807) is 44.4 Å². The van der Waals surface area contributed by atoms with E-state index >= 15 is 0 Å². The molecule has 0 aliphatic rings. The Morgan fingerprint density at radius 1 is 1.19 bits per heavy atom. The highest BCUT2D eigenvalue weighted by Crippen LogP contribution is 2.28. The number of methoxy groups -OCH3 is 1. The van der Waals surface area contributed by atoms with E-state index in [0.717, 1.165) is 0 Å². The van der Waals surface area contributed by atoms with Crippen LogP contribution in [0.25, 0.3) is 22.4 Å². The lowest BCUT2D eigenvalue weighted by Crippen LogP contribution is -2.11. The predicted molar refractivity (Wildman–Crippen MR) is 95.2 cm³/mol. The molecule has 0 saturated heterocycles. The third-order valence-electron chi connectivity index (χ3n) is 3.92. The molecule has 0 bridgehead atoms. The summed E-state index contributed by atoms with van der Waals surface area (Å²) >= 11 is 0. The molecule has 0 radical (unpaired) electrons. The van der Waals surface area contributed by atoms with Gasteiger partial charge in [-0.25, -0.2) is 4.98 Å². The second kappa shape index (κ2) is 6.36. The molecular formula is C19H15N3O4. The molecule has 130 valence electrons. The molecule has 0 fully saturated rings. The zero-order chi connectivity index (χ0) is 18.1. The minimum Gasteiger partial charge on any atom is -0.497 e. The number of aromatic nitrogens is 2. The normalized spacial score (nSPS) is 10.8. The van der Waals surface area contributed by atoms with Crippen molar-refractivity contribution in [3.8, 4) is 17.1 Å². The molecule has 2 aromatic heterocycles. The van der Waals surface area contributed by atoms with Crippen LogP contribution in [-0.4, -0.2) is 23.2 Å². The molecule has 0 saturated carbocycles. The number of carbonyl (C=O) groups is 1. The highest BCUT2D eigenvalue weighted by atomic mass is 16.5. The van der Waals surface area contributed by atoms with Gasteiger partial charge in [-0.3, -0.25) is 4.79 Å². The average Bonchev–Trinajstić information content (AvgIpc) is 3.27. The Morgan fingerprint density at radius 2 is 2.08 bits per heavy atom. The number of hydrogen-bond acceptors (Lipinski definition) is 6. The fourth-order valence-electron chi connectivity index (χ4n) is 2.64. The Bertz CT molecular complexity index is 1100. The summed E-state index contributed by atoms with van der Waals surface area (Å²) in [6.07, 6.45) is 1.51. The zero-order valence-corrected chi connectivity index (χ0v) is 14.1. The Kier molecular flexibility index (Phi) is 3.89. The van der Waals surface area contributed by atoms with Crippen molar-refractivity contribution in [1.82, 2.24) is 10.1 Å². The van der Waals surface area contributed by atoms with Crippen molar-refractivity contribution in [2.24, 2.45) is 0 Å². The molecular weight excluding hydrogens is 334 g/mol. The molecule has 2 heterocycles. The third-order valence-corrected chi connectivity index (χ3v) is 3.92. The maximum atomic E-state index is 12.6. The van der Waals surface area contributed by atoms with Gasteiger partial charge in [0.2, 0.25) is 0 Å². The summed E-state index contributed by atoms with van der Waals surface area (Å²) in [5, 5.41) is 7.58. The number of carbonyl (C=O) groups excluding carboxylic acids is 1. The van der Waals surface area contributed by atoms with Crippen LogP contribution in [0.3, 0.4) is 0 Å². The van der Waals surface area contributed by atoms with E-state index in [0.29, 0.717) is 45.2 Å². The number of aryl methyl sites for hydroxylation is 1. The van der Waals surface area contributed by atoms with Gasteiger partial charge < -0.3 is 19.0 Å². The van der Waals surface area contributed by atoms with Crippen LogP contribution in [-0.2, 0) is 0 Å². The quantitative estimate of drug-likeness (QED) is 0.598. The topological polar surface area (TPSA) is 90.4 Å². The van der Waals surface area contributed by atoms with Crippen molar-refractivity contribution in [3.63, 3.8) is 0 Å². The van der Waals surface area contributed by atoms with E-state index in [2.05, 4.69) is 15.5 Å². The van der Waals surface area contributed by atoms with Crippen LogP contribution in [0.15, 0.2) is 57.7 Å². The van der Waals surface area contributed by atoms with Crippen molar-refractivity contribution in [3.05, 3.63) is 60.2 Å². The third kappa shape index (κ3) is 2.90. The molecule has 4 rings (SSSR count).